The summed E-state index contributed by atoms with van der Waals surface area (Å²) in [5, 5.41) is 3.13. The number of likely N-dealkylation sites (tertiary alicyclic amines) is 1. The molecule has 1 amide bonds. The van der Waals surface area contributed by atoms with Crippen LogP contribution < -0.4 is 5.32 Å². The van der Waals surface area contributed by atoms with Crippen LogP contribution in [0.3, 0.4) is 0 Å². The zero-order valence-electron chi connectivity index (χ0n) is 12.3. The van der Waals surface area contributed by atoms with Gasteiger partial charge >= 0.3 is 0 Å². The fourth-order valence-electron chi connectivity index (χ4n) is 2.79. The van der Waals surface area contributed by atoms with Gasteiger partial charge in [-0.15, -0.1) is 0 Å². The lowest BCUT2D eigenvalue weighted by molar-refractivity contribution is 0.0900. The summed E-state index contributed by atoms with van der Waals surface area (Å²) in [5.41, 5.74) is 1.45. The minimum Gasteiger partial charge on any atom is -0.348 e. The Kier molecular flexibility index (Phi) is 4.24. The van der Waals surface area contributed by atoms with Gasteiger partial charge in [0.05, 0.1) is 12.0 Å². The molecule has 0 aromatic carbocycles. The van der Waals surface area contributed by atoms with Gasteiger partial charge in [0.15, 0.2) is 0 Å². The second kappa shape index (κ2) is 5.74. The molecule has 1 aliphatic heterocycles. The highest BCUT2D eigenvalue weighted by Crippen LogP contribution is 2.20. The average Bonchev–Trinajstić information content (AvgIpc) is 2.69. The number of piperidine rings is 1. The van der Waals surface area contributed by atoms with Crippen molar-refractivity contribution >= 4 is 5.91 Å². The molecule has 2 rings (SSSR count). The van der Waals surface area contributed by atoms with Gasteiger partial charge in [-0.2, -0.15) is 0 Å². The maximum atomic E-state index is 12.3. The molecule has 1 N–H and O–H groups in total. The van der Waals surface area contributed by atoms with E-state index in [2.05, 4.69) is 29.2 Å². The Morgan fingerprint density at radius 2 is 2.05 bits per heavy atom. The quantitative estimate of drug-likeness (QED) is 0.892. The van der Waals surface area contributed by atoms with E-state index in [1.54, 1.807) is 10.9 Å². The first-order chi connectivity index (χ1) is 8.99. The van der Waals surface area contributed by atoms with Crippen molar-refractivity contribution in [3.63, 3.8) is 0 Å². The molecule has 1 fully saturated rings. The molecule has 2 heterocycles. The number of amides is 1. The van der Waals surface area contributed by atoms with Gasteiger partial charge in [-0.05, 0) is 52.7 Å². The van der Waals surface area contributed by atoms with Gasteiger partial charge in [-0.25, -0.2) is 4.98 Å². The fourth-order valence-corrected chi connectivity index (χ4v) is 2.79. The zero-order chi connectivity index (χ0) is 14.0. The first-order valence-corrected chi connectivity index (χ1v) is 6.96. The summed E-state index contributed by atoms with van der Waals surface area (Å²) in [6, 6.07) is 0.218. The Hall–Kier alpha value is -1.36. The number of nitrogens with zero attached hydrogens (tertiary/aromatic N) is 3. The van der Waals surface area contributed by atoms with Crippen molar-refractivity contribution in [1.82, 2.24) is 19.8 Å². The first-order valence-electron chi connectivity index (χ1n) is 6.96. The van der Waals surface area contributed by atoms with Crippen molar-refractivity contribution in [2.75, 3.05) is 20.1 Å². The monoisotopic (exact) mass is 264 g/mol. The van der Waals surface area contributed by atoms with Gasteiger partial charge in [0.25, 0.3) is 5.91 Å². The predicted octanol–water partition coefficient (Wildman–Crippen LogP) is 1.19. The Morgan fingerprint density at radius 3 is 2.58 bits per heavy atom. The molecule has 1 saturated heterocycles. The maximum absolute atomic E-state index is 12.3. The zero-order valence-corrected chi connectivity index (χ0v) is 12.3. The van der Waals surface area contributed by atoms with E-state index < -0.39 is 0 Å². The minimum atomic E-state index is -0.0103. The third kappa shape index (κ3) is 3.15. The van der Waals surface area contributed by atoms with Gasteiger partial charge in [0.1, 0.15) is 5.69 Å². The van der Waals surface area contributed by atoms with E-state index in [4.69, 9.17) is 0 Å². The highest BCUT2D eigenvalue weighted by atomic mass is 16.2. The molecule has 5 heteroatoms. The summed E-state index contributed by atoms with van der Waals surface area (Å²) in [6.07, 6.45) is 4.00. The van der Waals surface area contributed by atoms with Gasteiger partial charge in [0, 0.05) is 13.1 Å². The molecule has 106 valence electrons. The third-order valence-corrected chi connectivity index (χ3v) is 4.16. The summed E-state index contributed by atoms with van der Waals surface area (Å²) < 4.78 is 1.78. The normalized spacial score (nSPS) is 19.4. The Bertz CT molecular complexity index is 427. The second-order valence-electron chi connectivity index (χ2n) is 5.69. The highest BCUT2D eigenvalue weighted by molar-refractivity contribution is 5.93. The molecular weight excluding hydrogens is 240 g/mol. The number of imidazole rings is 1. The van der Waals surface area contributed by atoms with Crippen LogP contribution in [-0.2, 0) is 7.05 Å². The predicted molar refractivity (Wildman–Crippen MR) is 75.1 cm³/mol. The highest BCUT2D eigenvalue weighted by Gasteiger charge is 2.25. The molecule has 0 unspecified atom stereocenters. The number of hydrogen-bond donors (Lipinski definition) is 1. The van der Waals surface area contributed by atoms with E-state index in [1.165, 1.54) is 0 Å². The van der Waals surface area contributed by atoms with Crippen LogP contribution in [0.25, 0.3) is 0 Å². The summed E-state index contributed by atoms with van der Waals surface area (Å²) in [7, 11) is 4.01. The SMILES string of the molecule is Cc1ncn(C)c1C(=O)N[C@@H](C)C1CCN(C)CC1. The molecule has 0 aliphatic carbocycles. The minimum absolute atomic E-state index is 0.0103. The number of aryl methyl sites for hydroxylation is 2. The Labute approximate surface area is 115 Å². The Morgan fingerprint density at radius 1 is 1.42 bits per heavy atom. The number of carbonyl (C=O) groups excluding carboxylic acids is 1. The molecule has 0 radical (unpaired) electrons. The van der Waals surface area contributed by atoms with Gasteiger partial charge in [-0.1, -0.05) is 0 Å². The lowest BCUT2D eigenvalue weighted by Crippen LogP contribution is -2.43. The molecule has 1 aliphatic rings. The van der Waals surface area contributed by atoms with Gasteiger partial charge < -0.3 is 14.8 Å². The van der Waals surface area contributed by atoms with Crippen molar-refractivity contribution < 1.29 is 4.79 Å². The molecule has 1 atom stereocenters. The molecule has 0 spiro atoms. The van der Waals surface area contributed by atoms with Crippen LogP contribution in [0.1, 0.15) is 35.9 Å². The third-order valence-electron chi connectivity index (χ3n) is 4.16. The van der Waals surface area contributed by atoms with Crippen molar-refractivity contribution in [2.24, 2.45) is 13.0 Å². The maximum Gasteiger partial charge on any atom is 0.270 e. The van der Waals surface area contributed by atoms with E-state index in [0.29, 0.717) is 11.6 Å². The molecule has 1 aromatic heterocycles. The molecule has 1 aromatic rings. The first kappa shape index (κ1) is 14.1. The summed E-state index contributed by atoms with van der Waals surface area (Å²) in [5.74, 6) is 0.567. The van der Waals surface area contributed by atoms with Crippen LogP contribution in [0.15, 0.2) is 6.33 Å². The van der Waals surface area contributed by atoms with Gasteiger partial charge in [0.2, 0.25) is 0 Å². The molecule has 5 nitrogen and oxygen atoms in total. The smallest absolute Gasteiger partial charge is 0.270 e. The molecule has 0 bridgehead atoms. The van der Waals surface area contributed by atoms with Crippen LogP contribution in [0.4, 0.5) is 0 Å². The van der Waals surface area contributed by atoms with Crippen molar-refractivity contribution in [3.8, 4) is 0 Å². The average molecular weight is 264 g/mol. The van der Waals surface area contributed by atoms with Crippen molar-refractivity contribution in [3.05, 3.63) is 17.7 Å². The number of rotatable bonds is 3. The fraction of sp³-hybridized carbons (Fsp3) is 0.714. The van der Waals surface area contributed by atoms with Crippen LogP contribution in [-0.4, -0.2) is 46.5 Å². The topological polar surface area (TPSA) is 50.2 Å². The summed E-state index contributed by atoms with van der Waals surface area (Å²) >= 11 is 0. The largest absolute Gasteiger partial charge is 0.348 e. The number of hydrogen-bond acceptors (Lipinski definition) is 3. The second-order valence-corrected chi connectivity index (χ2v) is 5.69. The molecular formula is C14H24N4O. The number of nitrogens with one attached hydrogen (secondary N) is 1. The lowest BCUT2D eigenvalue weighted by atomic mass is 9.90. The van der Waals surface area contributed by atoms with Crippen LogP contribution in [0, 0.1) is 12.8 Å². The van der Waals surface area contributed by atoms with Gasteiger partial charge in [-0.3, -0.25) is 4.79 Å². The number of aromatic nitrogens is 2. The van der Waals surface area contributed by atoms with E-state index >= 15 is 0 Å². The van der Waals surface area contributed by atoms with Crippen molar-refractivity contribution in [1.29, 1.82) is 0 Å². The van der Waals surface area contributed by atoms with Crippen LogP contribution in [0.5, 0.6) is 0 Å². The van der Waals surface area contributed by atoms with Crippen LogP contribution >= 0.6 is 0 Å². The van der Waals surface area contributed by atoms with E-state index in [0.717, 1.165) is 31.6 Å². The summed E-state index contributed by atoms with van der Waals surface area (Å²) in [6.45, 7) is 6.22. The lowest BCUT2D eigenvalue weighted by Gasteiger charge is -2.33. The summed E-state index contributed by atoms with van der Waals surface area (Å²) in [4.78, 5) is 18.8. The van der Waals surface area contributed by atoms with Crippen molar-refractivity contribution in [2.45, 2.75) is 32.7 Å². The van der Waals surface area contributed by atoms with E-state index in [9.17, 15) is 4.79 Å². The number of carbonyl (C=O) groups is 1. The van der Waals surface area contributed by atoms with E-state index in [1.807, 2.05) is 14.0 Å². The standard InChI is InChI=1S/C14H24N4O/c1-10(12-5-7-17(3)8-6-12)16-14(19)13-11(2)15-9-18(13)4/h9-10,12H,5-8H2,1-4H3,(H,16,19)/t10-/m0/s1. The molecule has 0 saturated carbocycles. The van der Waals surface area contributed by atoms with E-state index in [-0.39, 0.29) is 11.9 Å². The molecule has 19 heavy (non-hydrogen) atoms. The van der Waals surface area contributed by atoms with Crippen LogP contribution in [0.2, 0.25) is 0 Å². The Balaban J connectivity index is 1.95.